The van der Waals surface area contributed by atoms with Gasteiger partial charge in [-0.15, -0.1) is 0 Å². The number of pyridine rings is 1. The number of anilines is 1. The fourth-order valence-electron chi connectivity index (χ4n) is 2.90. The van der Waals surface area contributed by atoms with Gasteiger partial charge in [0.05, 0.1) is 5.52 Å². The number of aromatic nitrogens is 1. The van der Waals surface area contributed by atoms with E-state index in [1.54, 1.807) is 0 Å². The van der Waals surface area contributed by atoms with E-state index in [1.807, 2.05) is 0 Å². The second-order valence-corrected chi connectivity index (χ2v) is 6.33. The molecule has 1 saturated carbocycles. The van der Waals surface area contributed by atoms with Crippen LogP contribution in [0.15, 0.2) is 30.3 Å². The minimum atomic E-state index is 0.159. The first-order valence-corrected chi connectivity index (χ1v) is 8.06. The average Bonchev–Trinajstić information content (AvgIpc) is 3.27. The predicted molar refractivity (Wildman–Crippen MR) is 89.7 cm³/mol. The quantitative estimate of drug-likeness (QED) is 0.884. The Kier molecular flexibility index (Phi) is 4.11. The Balaban J connectivity index is 2.02. The summed E-state index contributed by atoms with van der Waals surface area (Å²) < 4.78 is 0. The Morgan fingerprint density at radius 2 is 2.10 bits per heavy atom. The number of hydrogen-bond acceptors (Lipinski definition) is 3. The third-order valence-corrected chi connectivity index (χ3v) is 4.18. The van der Waals surface area contributed by atoms with Crippen molar-refractivity contribution in [3.63, 3.8) is 0 Å². The molecule has 1 atom stereocenters. The number of nitrogens with zero attached hydrogens (tertiary/aromatic N) is 2. The molecule has 21 heavy (non-hydrogen) atoms. The molecule has 2 N–H and O–H groups in total. The molecule has 0 radical (unpaired) electrons. The lowest BCUT2D eigenvalue weighted by molar-refractivity contribution is 0.705. The van der Waals surface area contributed by atoms with Gasteiger partial charge in [-0.2, -0.15) is 0 Å². The zero-order valence-corrected chi connectivity index (χ0v) is 13.0. The summed E-state index contributed by atoms with van der Waals surface area (Å²) in [4.78, 5) is 7.38. The number of hydrogen-bond donors (Lipinski definition) is 1. The van der Waals surface area contributed by atoms with Crippen LogP contribution in [0.4, 0.5) is 5.82 Å². The van der Waals surface area contributed by atoms with Crippen LogP contribution >= 0.6 is 0 Å². The summed E-state index contributed by atoms with van der Waals surface area (Å²) in [6, 6.07) is 10.8. The molecular formula is C18H25N3. The van der Waals surface area contributed by atoms with E-state index in [2.05, 4.69) is 49.1 Å². The van der Waals surface area contributed by atoms with Gasteiger partial charge in [0, 0.05) is 24.5 Å². The first kappa shape index (κ1) is 14.3. The van der Waals surface area contributed by atoms with Crippen molar-refractivity contribution in [2.45, 2.75) is 39.2 Å². The highest BCUT2D eigenvalue weighted by molar-refractivity contribution is 5.81. The molecule has 0 saturated heterocycles. The van der Waals surface area contributed by atoms with Crippen LogP contribution in [0.3, 0.4) is 0 Å². The van der Waals surface area contributed by atoms with Crippen LogP contribution in [0.1, 0.15) is 32.3 Å². The molecule has 2 aromatic rings. The molecule has 1 aromatic carbocycles. The maximum atomic E-state index is 6.05. The van der Waals surface area contributed by atoms with Gasteiger partial charge in [-0.05, 0) is 56.7 Å². The van der Waals surface area contributed by atoms with E-state index in [4.69, 9.17) is 10.7 Å². The van der Waals surface area contributed by atoms with Crippen molar-refractivity contribution in [1.29, 1.82) is 0 Å². The highest BCUT2D eigenvalue weighted by Crippen LogP contribution is 2.32. The van der Waals surface area contributed by atoms with Gasteiger partial charge in [-0.3, -0.25) is 0 Å². The second kappa shape index (κ2) is 6.02. The Morgan fingerprint density at radius 1 is 1.33 bits per heavy atom. The molecule has 0 spiro atoms. The summed E-state index contributed by atoms with van der Waals surface area (Å²) >= 11 is 0. The van der Waals surface area contributed by atoms with E-state index < -0.39 is 0 Å². The van der Waals surface area contributed by atoms with Gasteiger partial charge < -0.3 is 10.6 Å². The van der Waals surface area contributed by atoms with Crippen LogP contribution in [0.5, 0.6) is 0 Å². The smallest absolute Gasteiger partial charge is 0.132 e. The van der Waals surface area contributed by atoms with Crippen LogP contribution in [0.25, 0.3) is 10.9 Å². The number of fused-ring (bicyclic) bond motifs is 1. The third kappa shape index (κ3) is 3.35. The van der Waals surface area contributed by atoms with Gasteiger partial charge in [-0.1, -0.05) is 18.2 Å². The Morgan fingerprint density at radius 3 is 2.76 bits per heavy atom. The van der Waals surface area contributed by atoms with E-state index in [-0.39, 0.29) is 6.04 Å². The monoisotopic (exact) mass is 283 g/mol. The molecule has 3 heteroatoms. The first-order valence-electron chi connectivity index (χ1n) is 8.06. The molecule has 1 aromatic heterocycles. The van der Waals surface area contributed by atoms with Crippen LogP contribution < -0.4 is 10.6 Å². The van der Waals surface area contributed by atoms with E-state index in [0.717, 1.165) is 36.8 Å². The Labute approximate surface area is 127 Å². The van der Waals surface area contributed by atoms with Crippen LogP contribution in [-0.4, -0.2) is 24.1 Å². The maximum Gasteiger partial charge on any atom is 0.132 e. The lowest BCUT2D eigenvalue weighted by atomic mass is 10.0. The van der Waals surface area contributed by atoms with E-state index in [0.29, 0.717) is 0 Å². The minimum absolute atomic E-state index is 0.159. The van der Waals surface area contributed by atoms with Crippen molar-refractivity contribution in [1.82, 2.24) is 4.98 Å². The van der Waals surface area contributed by atoms with Crippen molar-refractivity contribution >= 4 is 16.7 Å². The summed E-state index contributed by atoms with van der Waals surface area (Å²) in [6.07, 6.45) is 3.62. The maximum absolute atomic E-state index is 6.05. The average molecular weight is 283 g/mol. The van der Waals surface area contributed by atoms with Crippen molar-refractivity contribution < 1.29 is 0 Å². The van der Waals surface area contributed by atoms with Crippen LogP contribution in [0, 0.1) is 5.92 Å². The van der Waals surface area contributed by atoms with Gasteiger partial charge in [0.2, 0.25) is 0 Å². The summed E-state index contributed by atoms with van der Waals surface area (Å²) in [5, 5.41) is 1.21. The zero-order chi connectivity index (χ0) is 14.8. The summed E-state index contributed by atoms with van der Waals surface area (Å²) in [7, 11) is 0. The molecule has 1 unspecified atom stereocenters. The highest BCUT2D eigenvalue weighted by Gasteiger charge is 2.25. The largest absolute Gasteiger partial charge is 0.356 e. The van der Waals surface area contributed by atoms with Gasteiger partial charge in [0.25, 0.3) is 0 Å². The SMILES string of the molecule is CCN(CC1CC1)c1nc2ccccc2cc1CC(C)N. The van der Waals surface area contributed by atoms with E-state index in [9.17, 15) is 0 Å². The standard InChI is InChI=1S/C18H25N3/c1-3-21(12-14-8-9-14)18-16(10-13(2)19)11-15-6-4-5-7-17(15)20-18/h4-7,11,13-14H,3,8-10,12,19H2,1-2H3. The van der Waals surface area contributed by atoms with Crippen molar-refractivity contribution in [2.24, 2.45) is 11.7 Å². The first-order chi connectivity index (χ1) is 10.2. The fraction of sp³-hybridized carbons (Fsp3) is 0.500. The van der Waals surface area contributed by atoms with Crippen LogP contribution in [0.2, 0.25) is 0 Å². The molecule has 3 nitrogen and oxygen atoms in total. The lowest BCUT2D eigenvalue weighted by Crippen LogP contribution is -2.29. The predicted octanol–water partition coefficient (Wildman–Crippen LogP) is 3.36. The minimum Gasteiger partial charge on any atom is -0.356 e. The van der Waals surface area contributed by atoms with Crippen molar-refractivity contribution in [2.75, 3.05) is 18.0 Å². The molecule has 0 bridgehead atoms. The zero-order valence-electron chi connectivity index (χ0n) is 13.0. The second-order valence-electron chi connectivity index (χ2n) is 6.33. The molecule has 3 rings (SSSR count). The third-order valence-electron chi connectivity index (χ3n) is 4.18. The number of para-hydroxylation sites is 1. The van der Waals surface area contributed by atoms with E-state index >= 15 is 0 Å². The van der Waals surface area contributed by atoms with E-state index in [1.165, 1.54) is 23.8 Å². The normalized spacial score (nSPS) is 16.1. The molecule has 1 heterocycles. The van der Waals surface area contributed by atoms with Crippen molar-refractivity contribution in [3.05, 3.63) is 35.9 Å². The van der Waals surface area contributed by atoms with Gasteiger partial charge in [-0.25, -0.2) is 4.98 Å². The van der Waals surface area contributed by atoms with Crippen molar-refractivity contribution in [3.8, 4) is 0 Å². The van der Waals surface area contributed by atoms with Gasteiger partial charge >= 0.3 is 0 Å². The molecule has 1 aliphatic carbocycles. The van der Waals surface area contributed by atoms with Gasteiger partial charge in [0.1, 0.15) is 5.82 Å². The van der Waals surface area contributed by atoms with Crippen LogP contribution in [-0.2, 0) is 6.42 Å². The lowest BCUT2D eigenvalue weighted by Gasteiger charge is -2.25. The fourth-order valence-corrected chi connectivity index (χ4v) is 2.90. The number of rotatable bonds is 6. The molecule has 1 aliphatic rings. The Bertz CT molecular complexity index is 617. The molecule has 0 amide bonds. The molecule has 0 aliphatic heterocycles. The summed E-state index contributed by atoms with van der Waals surface area (Å²) in [5.41, 5.74) is 8.41. The highest BCUT2D eigenvalue weighted by atomic mass is 15.2. The molecule has 112 valence electrons. The summed E-state index contributed by atoms with van der Waals surface area (Å²) in [6.45, 7) is 6.42. The Hall–Kier alpha value is -1.61. The van der Waals surface area contributed by atoms with Gasteiger partial charge in [0.15, 0.2) is 0 Å². The number of nitrogens with two attached hydrogens (primary N) is 1. The molecule has 1 fully saturated rings. The summed E-state index contributed by atoms with van der Waals surface area (Å²) in [5.74, 6) is 2.00. The molecular weight excluding hydrogens is 258 g/mol. The topological polar surface area (TPSA) is 42.2 Å². The number of benzene rings is 1.